The summed E-state index contributed by atoms with van der Waals surface area (Å²) in [6, 6.07) is 10.3. The lowest BCUT2D eigenvalue weighted by molar-refractivity contribution is -0.514. The second kappa shape index (κ2) is 12.9. The Balaban J connectivity index is 1.50. The number of halogens is 6. The van der Waals surface area contributed by atoms with Crippen LogP contribution in [0.2, 0.25) is 0 Å². The van der Waals surface area contributed by atoms with Gasteiger partial charge in [0.05, 0.1) is 18.4 Å². The van der Waals surface area contributed by atoms with E-state index in [1.165, 1.54) is 13.0 Å². The van der Waals surface area contributed by atoms with E-state index < -0.39 is 55.1 Å². The van der Waals surface area contributed by atoms with E-state index in [0.717, 1.165) is 22.7 Å². The predicted octanol–water partition coefficient (Wildman–Crippen LogP) is 8.53. The Kier molecular flexibility index (Phi) is 10.2. The van der Waals surface area contributed by atoms with Gasteiger partial charge >= 0.3 is 24.5 Å². The molecule has 0 aliphatic heterocycles. The van der Waals surface area contributed by atoms with Gasteiger partial charge in [-0.25, -0.2) is 9.47 Å². The molecule has 0 fully saturated rings. The highest BCUT2D eigenvalue weighted by molar-refractivity contribution is 7.99. The highest BCUT2D eigenvalue weighted by Gasteiger charge is 2.52. The first-order valence-electron chi connectivity index (χ1n) is 12.5. The number of pyridine rings is 1. The van der Waals surface area contributed by atoms with Crippen LogP contribution in [-0.4, -0.2) is 41.8 Å². The highest BCUT2D eigenvalue weighted by Crippen LogP contribution is 2.38. The summed E-state index contributed by atoms with van der Waals surface area (Å²) >= 11 is 0.904. The monoisotopic (exact) mass is 605 g/mol. The first-order chi connectivity index (χ1) is 19.1. The van der Waals surface area contributed by atoms with E-state index in [1.807, 2.05) is 0 Å². The van der Waals surface area contributed by atoms with Gasteiger partial charge in [-0.3, -0.25) is 9.78 Å². The largest absolute Gasteiger partial charge is 0.494 e. The summed E-state index contributed by atoms with van der Waals surface area (Å²) < 4.78 is 101. The quantitative estimate of drug-likeness (QED) is 0.0565. The first kappa shape index (κ1) is 32.5. The number of carbonyl (C=O) groups excluding carboxylic acids is 1. The third kappa shape index (κ3) is 8.98. The fourth-order valence-corrected chi connectivity index (χ4v) is 4.41. The number of aromatic nitrogens is 1. The van der Waals surface area contributed by atoms with E-state index in [0.29, 0.717) is 16.2 Å². The molecule has 1 atom stereocenters. The molecule has 0 N–H and O–H groups in total. The summed E-state index contributed by atoms with van der Waals surface area (Å²) in [6.45, 7) is 7.32. The summed E-state index contributed by atoms with van der Waals surface area (Å²) in [5.74, 6) is -1.03. The number of esters is 1. The van der Waals surface area contributed by atoms with E-state index in [4.69, 9.17) is 9.15 Å². The Morgan fingerprint density at radius 2 is 1.76 bits per heavy atom. The molecule has 3 aromatic rings. The number of carbonyl (C=O) groups is 1. The average Bonchev–Trinajstić information content (AvgIpc) is 3.30. The van der Waals surface area contributed by atoms with E-state index in [2.05, 4.69) is 21.0 Å². The van der Waals surface area contributed by atoms with Crippen LogP contribution in [0.3, 0.4) is 0 Å². The molecule has 0 saturated heterocycles. The van der Waals surface area contributed by atoms with E-state index >= 15 is 0 Å². The van der Waals surface area contributed by atoms with Crippen LogP contribution >= 0.6 is 11.8 Å². The molecule has 224 valence electrons. The smallest absolute Gasteiger partial charge is 0.465 e. The summed E-state index contributed by atoms with van der Waals surface area (Å²) in [6.07, 6.45) is -12.7. The number of fused-ring (bicyclic) bond motifs is 1. The molecule has 3 rings (SSSR count). The van der Waals surface area contributed by atoms with Crippen LogP contribution in [0.1, 0.15) is 33.6 Å². The van der Waals surface area contributed by atoms with E-state index in [-0.39, 0.29) is 5.92 Å². The molecule has 6 nitrogen and oxygen atoms in total. The average molecular weight is 606 g/mol. The molecule has 1 aromatic carbocycles. The van der Waals surface area contributed by atoms with Crippen molar-refractivity contribution in [2.24, 2.45) is 11.3 Å². The summed E-state index contributed by atoms with van der Waals surface area (Å²) in [5, 5.41) is 0.754. The molecular formula is C28H29F6NO5S. The molecule has 0 bridgehead atoms. The van der Waals surface area contributed by atoms with Crippen LogP contribution in [0.25, 0.3) is 22.3 Å². The fourth-order valence-electron chi connectivity index (χ4n) is 3.48. The van der Waals surface area contributed by atoms with Crippen LogP contribution in [-0.2, 0) is 19.0 Å². The van der Waals surface area contributed by atoms with E-state index in [9.17, 15) is 31.1 Å². The second-order valence-electron chi connectivity index (χ2n) is 9.62. The van der Waals surface area contributed by atoms with Gasteiger partial charge in [-0.05, 0) is 49.2 Å². The van der Waals surface area contributed by atoms with Crippen LogP contribution in [0.15, 0.2) is 70.8 Å². The maximum absolute atomic E-state index is 14.1. The Bertz CT molecular complexity index is 1330. The van der Waals surface area contributed by atoms with Crippen molar-refractivity contribution in [3.8, 4) is 11.3 Å². The number of thioether (sulfide) groups is 1. The summed E-state index contributed by atoms with van der Waals surface area (Å²) in [4.78, 5) is 16.7. The van der Waals surface area contributed by atoms with Gasteiger partial charge in [0.15, 0.2) is 0 Å². The molecule has 0 aliphatic rings. The molecule has 41 heavy (non-hydrogen) atoms. The van der Waals surface area contributed by atoms with Crippen molar-refractivity contribution in [1.29, 1.82) is 0 Å². The minimum atomic E-state index is -5.33. The SMILES string of the molecule is C=CC(C)(C(=O)OCCC(F)(F)OC(F)(F)OC(F)(F)CCSc1ccc2cc(-c3cccnc3)oc2c1)C(C)C. The Morgan fingerprint density at radius 3 is 2.37 bits per heavy atom. The maximum Gasteiger partial charge on any atom is 0.494 e. The number of alkyl halides is 6. The van der Waals surface area contributed by atoms with Gasteiger partial charge in [0.25, 0.3) is 0 Å². The van der Waals surface area contributed by atoms with Gasteiger partial charge < -0.3 is 9.15 Å². The standard InChI is InChI=1S/C28H29F6NO5S/c1-5-25(4,18(2)3)24(36)37-13-10-26(29,30)39-28(33,34)40-27(31,32)11-14-41-21-9-8-19-15-22(38-23(19)16-21)20-7-6-12-35-17-20/h5-9,12,15-18H,1,10-11,13-14H2,2-4H3. The zero-order chi connectivity index (χ0) is 30.5. The van der Waals surface area contributed by atoms with E-state index in [1.54, 1.807) is 62.6 Å². The summed E-state index contributed by atoms with van der Waals surface area (Å²) in [5.41, 5.74) is 0.0183. The van der Waals surface area contributed by atoms with Gasteiger partial charge in [0.2, 0.25) is 0 Å². The number of hydrogen-bond acceptors (Lipinski definition) is 7. The van der Waals surface area contributed by atoms with Gasteiger partial charge in [-0.1, -0.05) is 19.9 Å². The minimum absolute atomic E-state index is 0.291. The predicted molar refractivity (Wildman–Crippen MR) is 141 cm³/mol. The van der Waals surface area contributed by atoms with Crippen molar-refractivity contribution in [2.45, 2.75) is 57.0 Å². The zero-order valence-corrected chi connectivity index (χ0v) is 23.3. The molecular weight excluding hydrogens is 576 g/mol. The molecule has 2 aromatic heterocycles. The highest BCUT2D eigenvalue weighted by atomic mass is 32.2. The molecule has 0 spiro atoms. The van der Waals surface area contributed by atoms with Crippen LogP contribution in [0.5, 0.6) is 0 Å². The number of hydrogen-bond donors (Lipinski definition) is 0. The van der Waals surface area contributed by atoms with Crippen molar-refractivity contribution >= 4 is 28.7 Å². The Morgan fingerprint density at radius 1 is 1.07 bits per heavy atom. The molecule has 0 radical (unpaired) electrons. The van der Waals surface area contributed by atoms with Gasteiger partial charge in [0.1, 0.15) is 11.3 Å². The van der Waals surface area contributed by atoms with Crippen molar-refractivity contribution in [1.82, 2.24) is 4.98 Å². The van der Waals surface area contributed by atoms with Gasteiger partial charge in [-0.2, -0.15) is 17.6 Å². The van der Waals surface area contributed by atoms with Crippen LogP contribution in [0.4, 0.5) is 26.3 Å². The fraction of sp³-hybridized carbons (Fsp3) is 0.429. The summed E-state index contributed by atoms with van der Waals surface area (Å²) in [7, 11) is 0. The third-order valence-electron chi connectivity index (χ3n) is 6.33. The molecule has 1 unspecified atom stereocenters. The Hall–Kier alpha value is -3.03. The molecule has 0 saturated carbocycles. The normalized spacial score (nSPS) is 14.3. The number of nitrogens with zero attached hydrogens (tertiary/aromatic N) is 1. The zero-order valence-electron chi connectivity index (χ0n) is 22.5. The third-order valence-corrected chi connectivity index (χ3v) is 7.32. The van der Waals surface area contributed by atoms with Gasteiger partial charge in [0, 0.05) is 40.4 Å². The van der Waals surface area contributed by atoms with Crippen molar-refractivity contribution < 1.29 is 49.8 Å². The molecule has 2 heterocycles. The number of rotatable bonds is 15. The van der Waals surface area contributed by atoms with Crippen molar-refractivity contribution in [2.75, 3.05) is 12.4 Å². The minimum Gasteiger partial charge on any atom is -0.465 e. The van der Waals surface area contributed by atoms with Crippen LogP contribution in [0, 0.1) is 11.3 Å². The number of ether oxygens (including phenoxy) is 3. The van der Waals surface area contributed by atoms with Crippen molar-refractivity contribution in [3.63, 3.8) is 0 Å². The molecule has 0 aliphatic carbocycles. The topological polar surface area (TPSA) is 70.8 Å². The maximum atomic E-state index is 14.1. The lowest BCUT2D eigenvalue weighted by Gasteiger charge is -2.28. The van der Waals surface area contributed by atoms with Crippen molar-refractivity contribution in [3.05, 3.63) is 61.4 Å². The molecule has 0 amide bonds. The Labute approximate surface area is 237 Å². The lowest BCUT2D eigenvalue weighted by atomic mass is 9.79. The number of benzene rings is 1. The lowest BCUT2D eigenvalue weighted by Crippen LogP contribution is -2.41. The number of furan rings is 1. The molecule has 13 heteroatoms. The van der Waals surface area contributed by atoms with Gasteiger partial charge in [-0.15, -0.1) is 27.1 Å². The second-order valence-corrected chi connectivity index (χ2v) is 10.8. The van der Waals surface area contributed by atoms with Crippen LogP contribution < -0.4 is 0 Å². The first-order valence-corrected chi connectivity index (χ1v) is 13.5.